The number of carboxylic acids is 1. The van der Waals surface area contributed by atoms with E-state index in [4.69, 9.17) is 5.11 Å². The number of nitrogens with zero attached hydrogens (tertiary/aromatic N) is 2. The molecule has 1 aromatic rings. The van der Waals surface area contributed by atoms with Crippen LogP contribution in [0, 0.1) is 0 Å². The molecule has 1 heterocycles. The molecule has 0 aliphatic heterocycles. The van der Waals surface area contributed by atoms with Gasteiger partial charge in [0.15, 0.2) is 6.04 Å². The Morgan fingerprint density at radius 3 is 2.64 bits per heavy atom. The van der Waals surface area contributed by atoms with Gasteiger partial charge in [-0.2, -0.15) is 0 Å². The Balaban J connectivity index is 2.76. The van der Waals surface area contributed by atoms with E-state index in [9.17, 15) is 4.79 Å². The first-order chi connectivity index (χ1) is 6.41. The topological polar surface area (TPSA) is 66.0 Å². The summed E-state index contributed by atoms with van der Waals surface area (Å²) in [6.07, 6.45) is 3.69. The molecule has 0 saturated carbocycles. The Morgan fingerprint density at radius 2 is 2.29 bits per heavy atom. The van der Waals surface area contributed by atoms with Crippen LogP contribution in [0.1, 0.15) is 5.69 Å². The van der Waals surface area contributed by atoms with Gasteiger partial charge < -0.3 is 14.6 Å². The van der Waals surface area contributed by atoms with E-state index in [1.54, 1.807) is 12.5 Å². The Bertz CT molecular complexity index is 300. The molecule has 0 fully saturated rings. The molecule has 0 amide bonds. The number of H-pyrrole nitrogens is 1. The molecule has 0 aromatic carbocycles. The van der Waals surface area contributed by atoms with Crippen LogP contribution in [-0.4, -0.2) is 52.7 Å². The molecule has 14 heavy (non-hydrogen) atoms. The van der Waals surface area contributed by atoms with Gasteiger partial charge >= 0.3 is 5.97 Å². The first-order valence-corrected chi connectivity index (χ1v) is 4.42. The molecule has 0 aliphatic carbocycles. The fourth-order valence-corrected chi connectivity index (χ4v) is 1.30. The second-order valence-corrected chi connectivity index (χ2v) is 4.25. The quantitative estimate of drug-likeness (QED) is 0.675. The maximum Gasteiger partial charge on any atom is 0.362 e. The van der Waals surface area contributed by atoms with Gasteiger partial charge in [-0.25, -0.2) is 9.78 Å². The Morgan fingerprint density at radius 1 is 1.64 bits per heavy atom. The number of hydrogen-bond donors (Lipinski definition) is 2. The van der Waals surface area contributed by atoms with Crippen molar-refractivity contribution in [3.05, 3.63) is 18.2 Å². The van der Waals surface area contributed by atoms with E-state index in [0.717, 1.165) is 5.69 Å². The van der Waals surface area contributed by atoms with E-state index < -0.39 is 12.0 Å². The zero-order valence-electron chi connectivity index (χ0n) is 8.69. The highest BCUT2D eigenvalue weighted by molar-refractivity contribution is 5.72. The minimum atomic E-state index is -0.785. The predicted molar refractivity (Wildman–Crippen MR) is 51.7 cm³/mol. The van der Waals surface area contributed by atoms with Gasteiger partial charge in [-0.15, -0.1) is 0 Å². The summed E-state index contributed by atoms with van der Waals surface area (Å²) < 4.78 is 0.397. The zero-order valence-corrected chi connectivity index (χ0v) is 8.69. The molecule has 0 bridgehead atoms. The minimum absolute atomic E-state index is 0.397. The number of likely N-dealkylation sites (N-methyl/N-ethyl adjacent to an activating group) is 1. The molecular weight excluding hydrogens is 182 g/mol. The number of quaternary nitrogens is 1. The van der Waals surface area contributed by atoms with Crippen molar-refractivity contribution in [2.24, 2.45) is 0 Å². The molecule has 0 spiro atoms. The summed E-state index contributed by atoms with van der Waals surface area (Å²) in [5.41, 5.74) is 0.852. The van der Waals surface area contributed by atoms with Crippen molar-refractivity contribution in [2.75, 3.05) is 21.1 Å². The lowest BCUT2D eigenvalue weighted by atomic mass is 10.1. The SMILES string of the molecule is C[N+](C)(C)[C@@H](Cc1cnc[nH]1)C(=O)O. The van der Waals surface area contributed by atoms with E-state index in [-0.39, 0.29) is 0 Å². The molecule has 1 atom stereocenters. The lowest BCUT2D eigenvalue weighted by molar-refractivity contribution is -0.887. The van der Waals surface area contributed by atoms with Gasteiger partial charge in [-0.3, -0.25) is 0 Å². The number of imidazole rings is 1. The van der Waals surface area contributed by atoms with Crippen LogP contribution in [0.5, 0.6) is 0 Å². The van der Waals surface area contributed by atoms with Gasteiger partial charge in [0.1, 0.15) is 0 Å². The summed E-state index contributed by atoms with van der Waals surface area (Å²) in [4.78, 5) is 17.8. The van der Waals surface area contributed by atoms with Crippen LogP contribution in [0.4, 0.5) is 0 Å². The summed E-state index contributed by atoms with van der Waals surface area (Å²) in [5.74, 6) is -0.785. The summed E-state index contributed by atoms with van der Waals surface area (Å²) in [6, 6.07) is -0.449. The van der Waals surface area contributed by atoms with Crippen LogP contribution in [0.2, 0.25) is 0 Å². The fraction of sp³-hybridized carbons (Fsp3) is 0.556. The third kappa shape index (κ3) is 2.56. The molecule has 5 heteroatoms. The third-order valence-corrected chi connectivity index (χ3v) is 2.19. The molecule has 78 valence electrons. The standard InChI is InChI=1S/C9H15N3O2/c1-12(2,3)8(9(13)14)4-7-5-10-6-11-7/h5-6,8H,4H2,1-3H3,(H-,10,11,13,14)/p+1/t8-/m0/s1. The van der Waals surface area contributed by atoms with Gasteiger partial charge in [0, 0.05) is 11.9 Å². The lowest BCUT2D eigenvalue weighted by Crippen LogP contribution is -2.51. The van der Waals surface area contributed by atoms with Crippen molar-refractivity contribution in [3.8, 4) is 0 Å². The summed E-state index contributed by atoms with van der Waals surface area (Å²) in [5, 5.41) is 9.06. The third-order valence-electron chi connectivity index (χ3n) is 2.19. The van der Waals surface area contributed by atoms with Gasteiger partial charge in [0.05, 0.1) is 33.9 Å². The van der Waals surface area contributed by atoms with Gasteiger partial charge in [-0.05, 0) is 0 Å². The van der Waals surface area contributed by atoms with Crippen molar-refractivity contribution in [1.29, 1.82) is 0 Å². The maximum absolute atomic E-state index is 11.0. The Kier molecular flexibility index (Phi) is 2.90. The molecule has 0 unspecified atom stereocenters. The number of carboxylic acid groups (broad SMARTS) is 1. The maximum atomic E-state index is 11.0. The van der Waals surface area contributed by atoms with Crippen molar-refractivity contribution < 1.29 is 14.4 Å². The number of carbonyl (C=O) groups is 1. The summed E-state index contributed by atoms with van der Waals surface area (Å²) in [6.45, 7) is 0. The van der Waals surface area contributed by atoms with Crippen LogP contribution in [0.15, 0.2) is 12.5 Å². The average molecular weight is 198 g/mol. The van der Waals surface area contributed by atoms with Gasteiger partial charge in [0.2, 0.25) is 0 Å². The molecule has 1 rings (SSSR count). The normalized spacial score (nSPS) is 13.9. The smallest absolute Gasteiger partial charge is 0.362 e. The number of nitrogens with one attached hydrogen (secondary N) is 1. The van der Waals surface area contributed by atoms with Crippen molar-refractivity contribution in [3.63, 3.8) is 0 Å². The molecular formula is C9H16N3O2+. The van der Waals surface area contributed by atoms with Crippen LogP contribution in [-0.2, 0) is 11.2 Å². The minimum Gasteiger partial charge on any atom is -0.477 e. The lowest BCUT2D eigenvalue weighted by Gasteiger charge is -2.30. The molecule has 1 aromatic heterocycles. The molecule has 0 saturated heterocycles. The first kappa shape index (κ1) is 10.7. The van der Waals surface area contributed by atoms with E-state index >= 15 is 0 Å². The van der Waals surface area contributed by atoms with Crippen LogP contribution in [0.25, 0.3) is 0 Å². The Labute approximate surface area is 83.0 Å². The highest BCUT2D eigenvalue weighted by atomic mass is 16.4. The van der Waals surface area contributed by atoms with E-state index in [1.807, 2.05) is 21.1 Å². The zero-order chi connectivity index (χ0) is 10.8. The van der Waals surface area contributed by atoms with Crippen LogP contribution in [0.3, 0.4) is 0 Å². The highest BCUT2D eigenvalue weighted by Crippen LogP contribution is 2.09. The number of hydrogen-bond acceptors (Lipinski definition) is 2. The number of aromatic nitrogens is 2. The fourth-order valence-electron chi connectivity index (χ4n) is 1.30. The van der Waals surface area contributed by atoms with E-state index in [2.05, 4.69) is 9.97 Å². The molecule has 5 nitrogen and oxygen atoms in total. The number of aliphatic carboxylic acids is 1. The second-order valence-electron chi connectivity index (χ2n) is 4.25. The van der Waals surface area contributed by atoms with Crippen LogP contribution < -0.4 is 0 Å². The second kappa shape index (κ2) is 3.79. The molecule has 0 radical (unpaired) electrons. The summed E-state index contributed by atoms with van der Waals surface area (Å²) in [7, 11) is 5.61. The van der Waals surface area contributed by atoms with E-state index in [1.165, 1.54) is 0 Å². The molecule has 2 N–H and O–H groups in total. The van der Waals surface area contributed by atoms with Gasteiger partial charge in [-0.1, -0.05) is 0 Å². The summed E-state index contributed by atoms with van der Waals surface area (Å²) >= 11 is 0. The predicted octanol–water partition coefficient (Wildman–Crippen LogP) is 0.112. The van der Waals surface area contributed by atoms with E-state index in [0.29, 0.717) is 10.9 Å². The largest absolute Gasteiger partial charge is 0.477 e. The van der Waals surface area contributed by atoms with Crippen LogP contribution >= 0.6 is 0 Å². The highest BCUT2D eigenvalue weighted by Gasteiger charge is 2.31. The average Bonchev–Trinajstić information content (AvgIpc) is 2.48. The van der Waals surface area contributed by atoms with Crippen molar-refractivity contribution in [2.45, 2.75) is 12.5 Å². The first-order valence-electron chi connectivity index (χ1n) is 4.42. The van der Waals surface area contributed by atoms with Crippen molar-refractivity contribution >= 4 is 5.97 Å². The number of aromatic amines is 1. The van der Waals surface area contributed by atoms with Gasteiger partial charge in [0.25, 0.3) is 0 Å². The monoisotopic (exact) mass is 198 g/mol. The molecule has 0 aliphatic rings. The Hall–Kier alpha value is -1.36. The number of rotatable bonds is 4. The van der Waals surface area contributed by atoms with Crippen molar-refractivity contribution in [1.82, 2.24) is 9.97 Å².